The molecular weight excluding hydrogens is 423 g/mol. The third-order valence-electron chi connectivity index (χ3n) is 3.08. The molecule has 24 heavy (non-hydrogen) atoms. The fraction of sp³-hybridized carbons (Fsp3) is 0.733. The third-order valence-corrected chi connectivity index (χ3v) is 3.08. The van der Waals surface area contributed by atoms with Crippen molar-refractivity contribution in [3.63, 3.8) is 0 Å². The molecular formula is C15H29IN6O2. The second kappa shape index (κ2) is 12.0. The Morgan fingerprint density at radius 1 is 1.33 bits per heavy atom. The molecule has 0 aliphatic rings. The van der Waals surface area contributed by atoms with Gasteiger partial charge in [0.1, 0.15) is 6.54 Å². The summed E-state index contributed by atoms with van der Waals surface area (Å²) in [6.07, 6.45) is 1.55. The van der Waals surface area contributed by atoms with Crippen molar-refractivity contribution in [3.05, 3.63) is 11.7 Å². The molecule has 1 rings (SSSR count). The zero-order valence-electron chi connectivity index (χ0n) is 15.1. The lowest BCUT2D eigenvalue weighted by atomic mass is 10.2. The number of hydrogen-bond acceptors (Lipinski definition) is 5. The van der Waals surface area contributed by atoms with Crippen molar-refractivity contribution in [3.8, 4) is 0 Å². The molecule has 1 aromatic rings. The van der Waals surface area contributed by atoms with Crippen molar-refractivity contribution < 1.29 is 9.32 Å². The number of carbonyl (C=O) groups excluding carboxylic acids is 1. The van der Waals surface area contributed by atoms with Gasteiger partial charge in [-0.2, -0.15) is 4.98 Å². The van der Waals surface area contributed by atoms with Crippen molar-refractivity contribution in [2.75, 3.05) is 33.7 Å². The van der Waals surface area contributed by atoms with Crippen LogP contribution in [0.25, 0.3) is 0 Å². The molecule has 1 aromatic heterocycles. The van der Waals surface area contributed by atoms with E-state index in [1.54, 1.807) is 14.1 Å². The average Bonchev–Trinajstić information content (AvgIpc) is 2.97. The number of aryl methyl sites for hydroxylation is 1. The van der Waals surface area contributed by atoms with E-state index in [0.717, 1.165) is 18.8 Å². The van der Waals surface area contributed by atoms with Gasteiger partial charge in [0.2, 0.25) is 11.8 Å². The third kappa shape index (κ3) is 8.46. The smallest absolute Gasteiger partial charge is 0.243 e. The standard InChI is InChI=1S/C15H28N6O2.HI/c1-6-16-15(18-10-13(22)21(4)5)17-9-7-8-12-19-14(11(2)3)20-23-12;/h11H,6-10H2,1-5H3,(H2,16,17,18);1H. The normalized spacial score (nSPS) is 11.2. The maximum Gasteiger partial charge on any atom is 0.243 e. The monoisotopic (exact) mass is 452 g/mol. The van der Waals surface area contributed by atoms with Crippen LogP contribution in [0.1, 0.15) is 44.8 Å². The summed E-state index contributed by atoms with van der Waals surface area (Å²) >= 11 is 0. The molecule has 0 radical (unpaired) electrons. The number of aliphatic imine (C=N–C) groups is 1. The Hall–Kier alpha value is -1.39. The van der Waals surface area contributed by atoms with Gasteiger partial charge in [-0.15, -0.1) is 24.0 Å². The van der Waals surface area contributed by atoms with Crippen LogP contribution >= 0.6 is 24.0 Å². The summed E-state index contributed by atoms with van der Waals surface area (Å²) in [6.45, 7) is 7.63. The summed E-state index contributed by atoms with van der Waals surface area (Å²) in [4.78, 5) is 21.7. The van der Waals surface area contributed by atoms with Crippen molar-refractivity contribution >= 4 is 35.8 Å². The quantitative estimate of drug-likeness (QED) is 0.268. The Labute approximate surface area is 160 Å². The first-order valence-corrected chi connectivity index (χ1v) is 7.98. The molecule has 0 fully saturated rings. The molecule has 8 nitrogen and oxygen atoms in total. The fourth-order valence-electron chi connectivity index (χ4n) is 1.68. The molecule has 0 aliphatic carbocycles. The molecule has 0 aliphatic heterocycles. The summed E-state index contributed by atoms with van der Waals surface area (Å²) in [5.74, 6) is 2.27. The van der Waals surface area contributed by atoms with E-state index in [1.165, 1.54) is 4.90 Å². The van der Waals surface area contributed by atoms with Gasteiger partial charge in [0.05, 0.1) is 0 Å². The summed E-state index contributed by atoms with van der Waals surface area (Å²) in [5.41, 5.74) is 0. The number of amides is 1. The number of likely N-dealkylation sites (N-methyl/N-ethyl adjacent to an activating group) is 1. The largest absolute Gasteiger partial charge is 0.357 e. The Kier molecular flexibility index (Phi) is 11.3. The number of carbonyl (C=O) groups is 1. The predicted molar refractivity (Wildman–Crippen MR) is 105 cm³/mol. The van der Waals surface area contributed by atoms with Gasteiger partial charge < -0.3 is 20.1 Å². The van der Waals surface area contributed by atoms with E-state index >= 15 is 0 Å². The Morgan fingerprint density at radius 2 is 2.04 bits per heavy atom. The lowest BCUT2D eigenvalue weighted by molar-refractivity contribution is -0.127. The van der Waals surface area contributed by atoms with Gasteiger partial charge in [0, 0.05) is 39.5 Å². The Morgan fingerprint density at radius 3 is 2.58 bits per heavy atom. The van der Waals surface area contributed by atoms with Crippen LogP contribution in [0.4, 0.5) is 0 Å². The predicted octanol–water partition coefficient (Wildman–Crippen LogP) is 1.39. The van der Waals surface area contributed by atoms with Crippen LogP contribution in [0, 0.1) is 0 Å². The zero-order valence-corrected chi connectivity index (χ0v) is 17.5. The lowest BCUT2D eigenvalue weighted by Crippen LogP contribution is -2.39. The lowest BCUT2D eigenvalue weighted by Gasteiger charge is -2.12. The van der Waals surface area contributed by atoms with E-state index in [-0.39, 0.29) is 42.3 Å². The molecule has 0 saturated heterocycles. The number of aromatic nitrogens is 2. The first-order chi connectivity index (χ1) is 10.9. The minimum absolute atomic E-state index is 0. The Bertz CT molecular complexity index is 516. The van der Waals surface area contributed by atoms with Crippen molar-refractivity contribution in [2.24, 2.45) is 4.99 Å². The number of nitrogens with zero attached hydrogens (tertiary/aromatic N) is 4. The van der Waals surface area contributed by atoms with Gasteiger partial charge in [-0.3, -0.25) is 4.79 Å². The van der Waals surface area contributed by atoms with Gasteiger partial charge in [0.25, 0.3) is 0 Å². The molecule has 1 amide bonds. The Balaban J connectivity index is 0.00000529. The van der Waals surface area contributed by atoms with Crippen LogP contribution in [0.3, 0.4) is 0 Å². The van der Waals surface area contributed by atoms with Crippen LogP contribution in [-0.4, -0.2) is 60.6 Å². The summed E-state index contributed by atoms with van der Waals surface area (Å²) in [5, 5.41) is 10.2. The van der Waals surface area contributed by atoms with Crippen LogP contribution in [0.15, 0.2) is 9.52 Å². The van der Waals surface area contributed by atoms with E-state index in [0.29, 0.717) is 24.8 Å². The summed E-state index contributed by atoms with van der Waals surface area (Å²) < 4.78 is 5.20. The van der Waals surface area contributed by atoms with Gasteiger partial charge >= 0.3 is 0 Å². The highest BCUT2D eigenvalue weighted by atomic mass is 127. The van der Waals surface area contributed by atoms with Crippen LogP contribution in [0.5, 0.6) is 0 Å². The molecule has 0 spiro atoms. The first kappa shape index (κ1) is 22.6. The van der Waals surface area contributed by atoms with Crippen molar-refractivity contribution in [1.29, 1.82) is 0 Å². The highest BCUT2D eigenvalue weighted by Crippen LogP contribution is 2.10. The summed E-state index contributed by atoms with van der Waals surface area (Å²) in [7, 11) is 3.43. The average molecular weight is 452 g/mol. The van der Waals surface area contributed by atoms with Gasteiger partial charge in [-0.05, 0) is 13.3 Å². The SMILES string of the molecule is CCNC(=NCC(=O)N(C)C)NCCCc1nc(C(C)C)no1.I. The summed E-state index contributed by atoms with van der Waals surface area (Å²) in [6, 6.07) is 0. The maximum atomic E-state index is 11.6. The molecule has 9 heteroatoms. The fourth-order valence-corrected chi connectivity index (χ4v) is 1.68. The van der Waals surface area contributed by atoms with Crippen LogP contribution in [0.2, 0.25) is 0 Å². The highest BCUT2D eigenvalue weighted by Gasteiger charge is 2.09. The minimum atomic E-state index is -0.0331. The second-order valence-electron chi connectivity index (χ2n) is 5.71. The van der Waals surface area contributed by atoms with Crippen molar-refractivity contribution in [2.45, 2.75) is 39.5 Å². The second-order valence-corrected chi connectivity index (χ2v) is 5.71. The molecule has 1 heterocycles. The van der Waals surface area contributed by atoms with Gasteiger partial charge in [-0.25, -0.2) is 4.99 Å². The number of halogens is 1. The first-order valence-electron chi connectivity index (χ1n) is 7.98. The molecule has 0 saturated carbocycles. The number of rotatable bonds is 8. The minimum Gasteiger partial charge on any atom is -0.357 e. The molecule has 0 bridgehead atoms. The molecule has 138 valence electrons. The van der Waals surface area contributed by atoms with Gasteiger partial charge in [0.15, 0.2) is 11.8 Å². The zero-order chi connectivity index (χ0) is 17.2. The van der Waals surface area contributed by atoms with Gasteiger partial charge in [-0.1, -0.05) is 19.0 Å². The molecule has 0 aromatic carbocycles. The number of hydrogen-bond donors (Lipinski definition) is 2. The topological polar surface area (TPSA) is 95.7 Å². The van der Waals surface area contributed by atoms with Crippen molar-refractivity contribution in [1.82, 2.24) is 25.7 Å². The van der Waals surface area contributed by atoms with E-state index in [4.69, 9.17) is 4.52 Å². The van der Waals surface area contributed by atoms with Crippen LogP contribution < -0.4 is 10.6 Å². The number of guanidine groups is 1. The van der Waals surface area contributed by atoms with E-state index in [9.17, 15) is 4.79 Å². The van der Waals surface area contributed by atoms with E-state index in [2.05, 4.69) is 25.8 Å². The molecule has 0 atom stereocenters. The van der Waals surface area contributed by atoms with E-state index in [1.807, 2.05) is 20.8 Å². The number of nitrogens with one attached hydrogen (secondary N) is 2. The molecule has 0 unspecified atom stereocenters. The maximum absolute atomic E-state index is 11.6. The highest BCUT2D eigenvalue weighted by molar-refractivity contribution is 14.0. The molecule has 2 N–H and O–H groups in total. The van der Waals surface area contributed by atoms with E-state index < -0.39 is 0 Å². The van der Waals surface area contributed by atoms with Crippen LogP contribution in [-0.2, 0) is 11.2 Å².